The van der Waals surface area contributed by atoms with E-state index in [1.807, 2.05) is 0 Å². The highest BCUT2D eigenvalue weighted by molar-refractivity contribution is 5.89. The minimum atomic E-state index is -0.237. The van der Waals surface area contributed by atoms with Crippen LogP contribution in [-0.4, -0.2) is 17.6 Å². The summed E-state index contributed by atoms with van der Waals surface area (Å²) in [5.41, 5.74) is 0.583. The maximum absolute atomic E-state index is 11.9. The highest BCUT2D eigenvalue weighted by Crippen LogP contribution is 2.29. The Kier molecular flexibility index (Phi) is 9.52. The number of carbonyl (C=O) groups is 1. The van der Waals surface area contributed by atoms with Crippen molar-refractivity contribution >= 4 is 5.97 Å². The Morgan fingerprint density at radius 1 is 1.05 bits per heavy atom. The number of hydrogen-bond acceptors (Lipinski definition) is 3. The molecule has 0 aliphatic carbocycles. The first kappa shape index (κ1) is 18.7. The van der Waals surface area contributed by atoms with Gasteiger partial charge in [0.25, 0.3) is 0 Å². The van der Waals surface area contributed by atoms with Crippen LogP contribution >= 0.6 is 0 Å². The summed E-state index contributed by atoms with van der Waals surface area (Å²) >= 11 is 0. The van der Waals surface area contributed by atoms with Crippen molar-refractivity contribution in [3.05, 3.63) is 30.1 Å². The second kappa shape index (κ2) is 11.2. The van der Waals surface area contributed by atoms with E-state index in [0.717, 1.165) is 12.3 Å². The Morgan fingerprint density at radius 2 is 1.77 bits per heavy atom. The SMILES string of the molecule is CCCCC(CC)C(CCC)CCOC(=O)c1ccncc1. The molecule has 0 aliphatic rings. The Balaban J connectivity index is 2.44. The fraction of sp³-hybridized carbons (Fsp3) is 0.684. The molecule has 0 fully saturated rings. The first-order valence-electron chi connectivity index (χ1n) is 8.79. The van der Waals surface area contributed by atoms with Crippen molar-refractivity contribution < 1.29 is 9.53 Å². The lowest BCUT2D eigenvalue weighted by molar-refractivity contribution is 0.0463. The number of nitrogens with zero attached hydrogens (tertiary/aromatic N) is 1. The lowest BCUT2D eigenvalue weighted by Gasteiger charge is -2.26. The van der Waals surface area contributed by atoms with Gasteiger partial charge in [-0.3, -0.25) is 4.98 Å². The van der Waals surface area contributed by atoms with Crippen molar-refractivity contribution in [3.63, 3.8) is 0 Å². The Hall–Kier alpha value is -1.38. The van der Waals surface area contributed by atoms with Crippen LogP contribution in [0, 0.1) is 11.8 Å². The van der Waals surface area contributed by atoms with Crippen LogP contribution in [0.3, 0.4) is 0 Å². The first-order valence-corrected chi connectivity index (χ1v) is 8.79. The zero-order valence-corrected chi connectivity index (χ0v) is 14.4. The molecule has 0 saturated carbocycles. The van der Waals surface area contributed by atoms with Gasteiger partial charge in [0.15, 0.2) is 0 Å². The van der Waals surface area contributed by atoms with Crippen LogP contribution in [0.4, 0.5) is 0 Å². The average molecular weight is 305 g/mol. The number of esters is 1. The van der Waals surface area contributed by atoms with Crippen LogP contribution in [-0.2, 0) is 4.74 Å². The van der Waals surface area contributed by atoms with Crippen LogP contribution in [0.25, 0.3) is 0 Å². The van der Waals surface area contributed by atoms with Gasteiger partial charge in [-0.05, 0) is 30.4 Å². The van der Waals surface area contributed by atoms with Crippen LogP contribution < -0.4 is 0 Å². The van der Waals surface area contributed by atoms with Crippen molar-refractivity contribution in [2.24, 2.45) is 11.8 Å². The number of pyridine rings is 1. The number of aromatic nitrogens is 1. The van der Waals surface area contributed by atoms with Gasteiger partial charge < -0.3 is 4.74 Å². The topological polar surface area (TPSA) is 39.2 Å². The molecule has 1 aromatic heterocycles. The molecule has 2 atom stereocenters. The molecule has 3 nitrogen and oxygen atoms in total. The zero-order valence-electron chi connectivity index (χ0n) is 14.4. The highest BCUT2D eigenvalue weighted by atomic mass is 16.5. The normalized spacial score (nSPS) is 13.6. The second-order valence-corrected chi connectivity index (χ2v) is 6.02. The summed E-state index contributed by atoms with van der Waals surface area (Å²) in [6.45, 7) is 7.29. The van der Waals surface area contributed by atoms with Gasteiger partial charge in [-0.15, -0.1) is 0 Å². The monoisotopic (exact) mass is 305 g/mol. The van der Waals surface area contributed by atoms with Gasteiger partial charge in [-0.25, -0.2) is 4.79 Å². The minimum Gasteiger partial charge on any atom is -0.462 e. The second-order valence-electron chi connectivity index (χ2n) is 6.02. The third-order valence-electron chi connectivity index (χ3n) is 4.42. The van der Waals surface area contributed by atoms with Crippen molar-refractivity contribution in [2.45, 2.75) is 65.7 Å². The summed E-state index contributed by atoms with van der Waals surface area (Å²) in [6.07, 6.45) is 11.7. The number of rotatable bonds is 11. The molecule has 0 bridgehead atoms. The van der Waals surface area contributed by atoms with E-state index in [4.69, 9.17) is 4.74 Å². The van der Waals surface area contributed by atoms with E-state index >= 15 is 0 Å². The van der Waals surface area contributed by atoms with Crippen LogP contribution in [0.2, 0.25) is 0 Å². The largest absolute Gasteiger partial charge is 0.462 e. The van der Waals surface area contributed by atoms with Crippen molar-refractivity contribution in [2.75, 3.05) is 6.61 Å². The number of hydrogen-bond donors (Lipinski definition) is 0. The molecule has 22 heavy (non-hydrogen) atoms. The summed E-state index contributed by atoms with van der Waals surface area (Å²) in [4.78, 5) is 15.9. The lowest BCUT2D eigenvalue weighted by Crippen LogP contribution is -2.18. The molecule has 0 saturated heterocycles. The molecular weight excluding hydrogens is 274 g/mol. The molecule has 0 aliphatic heterocycles. The quantitative estimate of drug-likeness (QED) is 0.523. The van der Waals surface area contributed by atoms with Gasteiger partial charge in [0.05, 0.1) is 12.2 Å². The maximum Gasteiger partial charge on any atom is 0.338 e. The van der Waals surface area contributed by atoms with Crippen LogP contribution in [0.1, 0.15) is 76.1 Å². The molecule has 1 rings (SSSR count). The fourth-order valence-electron chi connectivity index (χ4n) is 3.10. The van der Waals surface area contributed by atoms with Crippen molar-refractivity contribution in [1.29, 1.82) is 0 Å². The molecule has 124 valence electrons. The Labute approximate surface area is 135 Å². The van der Waals surface area contributed by atoms with E-state index < -0.39 is 0 Å². The molecule has 0 radical (unpaired) electrons. The first-order chi connectivity index (χ1) is 10.7. The third-order valence-corrected chi connectivity index (χ3v) is 4.42. The Bertz CT molecular complexity index is 405. The number of carbonyl (C=O) groups excluding carboxylic acids is 1. The smallest absolute Gasteiger partial charge is 0.338 e. The fourth-order valence-corrected chi connectivity index (χ4v) is 3.10. The Morgan fingerprint density at radius 3 is 2.36 bits per heavy atom. The summed E-state index contributed by atoms with van der Waals surface area (Å²) in [6, 6.07) is 3.39. The van der Waals surface area contributed by atoms with E-state index in [1.165, 1.54) is 38.5 Å². The third kappa shape index (κ3) is 6.59. The highest BCUT2D eigenvalue weighted by Gasteiger charge is 2.19. The molecule has 0 N–H and O–H groups in total. The number of unbranched alkanes of at least 4 members (excludes halogenated alkanes) is 1. The van der Waals surface area contributed by atoms with Crippen LogP contribution in [0.15, 0.2) is 24.5 Å². The zero-order chi connectivity index (χ0) is 16.2. The summed E-state index contributed by atoms with van der Waals surface area (Å²) in [7, 11) is 0. The molecule has 0 aromatic carbocycles. The van der Waals surface area contributed by atoms with Gasteiger partial charge in [0, 0.05) is 12.4 Å². The van der Waals surface area contributed by atoms with E-state index in [9.17, 15) is 4.79 Å². The predicted octanol–water partition coefficient (Wildman–Crippen LogP) is 5.26. The van der Waals surface area contributed by atoms with E-state index in [1.54, 1.807) is 24.5 Å². The summed E-state index contributed by atoms with van der Waals surface area (Å²) in [5.74, 6) is 1.20. The van der Waals surface area contributed by atoms with Crippen LogP contribution in [0.5, 0.6) is 0 Å². The minimum absolute atomic E-state index is 0.237. The summed E-state index contributed by atoms with van der Waals surface area (Å²) in [5, 5.41) is 0. The summed E-state index contributed by atoms with van der Waals surface area (Å²) < 4.78 is 5.44. The van der Waals surface area contributed by atoms with Gasteiger partial charge in [-0.1, -0.05) is 59.3 Å². The van der Waals surface area contributed by atoms with E-state index in [2.05, 4.69) is 25.8 Å². The van der Waals surface area contributed by atoms with Gasteiger partial charge in [0.2, 0.25) is 0 Å². The molecule has 0 amide bonds. The van der Waals surface area contributed by atoms with E-state index in [-0.39, 0.29) is 5.97 Å². The molecule has 1 heterocycles. The number of ether oxygens (including phenoxy) is 1. The predicted molar refractivity (Wildman–Crippen MR) is 90.8 cm³/mol. The lowest BCUT2D eigenvalue weighted by atomic mass is 9.81. The van der Waals surface area contributed by atoms with Gasteiger partial charge in [-0.2, -0.15) is 0 Å². The molecule has 2 unspecified atom stereocenters. The molecule has 0 spiro atoms. The maximum atomic E-state index is 11.9. The van der Waals surface area contributed by atoms with Crippen molar-refractivity contribution in [1.82, 2.24) is 4.98 Å². The average Bonchev–Trinajstić information content (AvgIpc) is 2.56. The molecule has 3 heteroatoms. The van der Waals surface area contributed by atoms with Crippen molar-refractivity contribution in [3.8, 4) is 0 Å². The molecule has 1 aromatic rings. The standard InChI is InChI=1S/C19H31NO2/c1-4-7-9-16(6-3)17(8-5-2)12-15-22-19(21)18-10-13-20-14-11-18/h10-11,13-14,16-17H,4-9,12,15H2,1-3H3. The molecular formula is C19H31NO2. The van der Waals surface area contributed by atoms with Gasteiger partial charge in [0.1, 0.15) is 0 Å². The van der Waals surface area contributed by atoms with E-state index in [0.29, 0.717) is 18.1 Å². The van der Waals surface area contributed by atoms with Gasteiger partial charge >= 0.3 is 5.97 Å².